The summed E-state index contributed by atoms with van der Waals surface area (Å²) in [6.45, 7) is 39.0. The number of fused-ring (bicyclic) bond motifs is 1. The summed E-state index contributed by atoms with van der Waals surface area (Å²) in [6.07, 6.45) is 23.5. The Labute approximate surface area is 770 Å². The van der Waals surface area contributed by atoms with Crippen molar-refractivity contribution in [3.8, 4) is 57.5 Å². The lowest BCUT2D eigenvalue weighted by molar-refractivity contribution is -0.0232. The molecule has 0 saturated carbocycles. The van der Waals surface area contributed by atoms with Crippen LogP contribution in [0.25, 0.3) is 0 Å². The zero-order chi connectivity index (χ0) is 94.6. The first-order valence-corrected chi connectivity index (χ1v) is 45.3. The van der Waals surface area contributed by atoms with Crippen molar-refractivity contribution >= 4 is 0 Å². The number of hydrogen-bond donors (Lipinski definition) is 11. The molecule has 1 aliphatic rings. The van der Waals surface area contributed by atoms with Crippen molar-refractivity contribution in [2.75, 3.05) is 7.11 Å². The van der Waals surface area contributed by atoms with Crippen molar-refractivity contribution in [2.24, 2.45) is 0 Å². The predicted molar refractivity (Wildman–Crippen MR) is 534 cm³/mol. The Morgan fingerprint density at radius 3 is 0.946 bits per heavy atom. The average molecular weight is 1750 g/mol. The average Bonchev–Trinajstić information content (AvgIpc) is 1.64. The predicted octanol–water partition coefficient (Wildman–Crippen LogP) is 25.1. The first-order chi connectivity index (χ1) is 61.3. The van der Waals surface area contributed by atoms with E-state index in [4.69, 9.17) is 9.47 Å². The number of hydrogen-bond acceptors (Lipinski definition) is 13. The zero-order valence-electron chi connectivity index (χ0n) is 79.7. The Bertz CT molecular complexity index is 5460. The van der Waals surface area contributed by atoms with Crippen molar-refractivity contribution in [3.05, 3.63) is 388 Å². The summed E-state index contributed by atoms with van der Waals surface area (Å²) in [4.78, 5) is 0. The van der Waals surface area contributed by atoms with Crippen LogP contribution in [0, 0.1) is 0 Å². The summed E-state index contributed by atoms with van der Waals surface area (Å²) in [6, 6.07) is 62.4. The summed E-state index contributed by atoms with van der Waals surface area (Å²) < 4.78 is 11.6. The third-order valence-electron chi connectivity index (χ3n) is 23.1. The second-order valence-corrected chi connectivity index (χ2v) is 36.2. The third kappa shape index (κ3) is 33.9. The lowest BCUT2D eigenvalue weighted by Crippen LogP contribution is -2.39. The van der Waals surface area contributed by atoms with E-state index in [9.17, 15) is 56.2 Å². The molecular weight excluding hydrogens is 1600 g/mol. The van der Waals surface area contributed by atoms with Crippen molar-refractivity contribution in [3.63, 3.8) is 0 Å². The van der Waals surface area contributed by atoms with E-state index in [1.807, 2.05) is 171 Å². The van der Waals surface area contributed by atoms with E-state index in [1.165, 1.54) is 55.7 Å². The maximum Gasteiger partial charge on any atom is 0.131 e. The highest BCUT2D eigenvalue weighted by Crippen LogP contribution is 2.45. The molecule has 11 N–H and O–H groups in total. The maximum absolute atomic E-state index is 10.9. The molecule has 3 atom stereocenters. The highest BCUT2D eigenvalue weighted by molar-refractivity contribution is 5.60. The second-order valence-electron chi connectivity index (χ2n) is 36.2. The fourth-order valence-corrected chi connectivity index (χ4v) is 15.1. The van der Waals surface area contributed by atoms with Gasteiger partial charge >= 0.3 is 0 Å². The quantitative estimate of drug-likeness (QED) is 0.0166. The van der Waals surface area contributed by atoms with E-state index in [-0.39, 0.29) is 59.2 Å². The molecule has 129 heavy (non-hydrogen) atoms. The molecule has 13 nitrogen and oxygen atoms in total. The van der Waals surface area contributed by atoms with Crippen molar-refractivity contribution < 1.29 is 65.6 Å². The largest absolute Gasteiger partial charge is 0.508 e. The molecule has 0 aliphatic carbocycles. The van der Waals surface area contributed by atoms with Gasteiger partial charge in [-0.1, -0.05) is 246 Å². The van der Waals surface area contributed by atoms with Gasteiger partial charge in [0.1, 0.15) is 63.6 Å². The van der Waals surface area contributed by atoms with Crippen LogP contribution in [-0.4, -0.2) is 87.2 Å². The van der Waals surface area contributed by atoms with Gasteiger partial charge in [0.05, 0.1) is 24.9 Å². The number of ether oxygens (including phenoxy) is 2. The van der Waals surface area contributed by atoms with Gasteiger partial charge in [0.15, 0.2) is 0 Å². The SMILES string of the molecule is C=C(C)C(O)Cc1c(CCc2ccccc2)cc(O)c(CC=C(C)C)c1O.C=C(C)C(O)Cc1c(O)cc(CCc2ccccc2)c(CC=C(C)C)c1O.CC(C)=CCc1c(O)cc(CCc2ccccc2)c(CC=C(C)C)c1O.CC(C)=CCc1c(O)cc(CCc2ccccc2)c2c1OC(C(C)(C)O)C2.COc1cc(CCc2ccccc2)cc(O)c1CC=C(C)C. The van der Waals surface area contributed by atoms with Gasteiger partial charge in [0, 0.05) is 69.3 Å². The Kier molecular flexibility index (Phi) is 41.8. The molecule has 10 aromatic rings. The third-order valence-corrected chi connectivity index (χ3v) is 23.1. The summed E-state index contributed by atoms with van der Waals surface area (Å²) in [5, 5.41) is 116. The summed E-state index contributed by atoms with van der Waals surface area (Å²) in [5.41, 5.74) is 25.4. The van der Waals surface area contributed by atoms with E-state index in [1.54, 1.807) is 46.9 Å². The summed E-state index contributed by atoms with van der Waals surface area (Å²) in [7, 11) is 1.65. The molecule has 0 saturated heterocycles. The normalized spacial score (nSPS) is 12.2. The van der Waals surface area contributed by atoms with Crippen LogP contribution in [0.2, 0.25) is 0 Å². The molecular formula is C116H144O13. The summed E-state index contributed by atoms with van der Waals surface area (Å²) >= 11 is 0. The molecule has 13 heteroatoms. The van der Waals surface area contributed by atoms with Gasteiger partial charge in [0.2, 0.25) is 0 Å². The van der Waals surface area contributed by atoms with Crippen LogP contribution in [-0.2, 0) is 122 Å². The first kappa shape index (κ1) is 104. The molecule has 1 heterocycles. The van der Waals surface area contributed by atoms with Crippen LogP contribution in [0.4, 0.5) is 0 Å². The topological polar surface area (TPSA) is 241 Å². The lowest BCUT2D eigenvalue weighted by atomic mass is 9.90. The van der Waals surface area contributed by atoms with Gasteiger partial charge in [0.25, 0.3) is 0 Å². The maximum atomic E-state index is 10.9. The Morgan fingerprint density at radius 1 is 0.341 bits per heavy atom. The first-order valence-electron chi connectivity index (χ1n) is 45.3. The highest BCUT2D eigenvalue weighted by atomic mass is 16.5. The van der Waals surface area contributed by atoms with Crippen LogP contribution in [0.3, 0.4) is 0 Å². The molecule has 686 valence electrons. The Balaban J connectivity index is 0.000000221. The van der Waals surface area contributed by atoms with Gasteiger partial charge in [-0.15, -0.1) is 0 Å². The number of aromatic hydroxyl groups is 8. The summed E-state index contributed by atoms with van der Waals surface area (Å²) in [5.74, 6) is 2.84. The van der Waals surface area contributed by atoms with E-state index in [0.29, 0.717) is 90.5 Å². The smallest absolute Gasteiger partial charge is 0.131 e. The standard InChI is InChI=1S/3C24H30O3.C24H30O2.C20H24O2/c1-16(2)10-13-19-21(25)14-18(12-11-17-8-6-5-7-9-17)20-15-22(24(3,4)26)27-23(19)20;1-16(2)10-13-20-23(26)14-19(12-11-18-8-6-5-7-9-18)21(24(20)27)15-22(25)17(3)4;1-16(2)10-13-20-19(12-11-18-8-6-5-7-9-18)14-23(26)21(24(20)27)15-22(25)17(3)4;1-17(2)10-14-21-20(13-12-19-8-6-5-7-9-19)16-23(25)22(24(21)26)15-11-18(3)4;1-15(2)9-12-18-19(21)13-17(14-20(18)22-3)11-10-16-7-5-4-6-8-16/h5-10,14,22,25-26H,11-13,15H2,1-4H3;2*5-10,14,22,25-27H,3,11-13,15H2,1-2,4H3;5-11,16,25-26H,12-15H2,1-4H3;4-9,13-14,21H,10-12H2,1-3H3. The molecule has 0 fully saturated rings. The van der Waals surface area contributed by atoms with E-state index >= 15 is 0 Å². The molecule has 0 spiro atoms. The highest BCUT2D eigenvalue weighted by Gasteiger charge is 2.38. The molecule has 0 aromatic heterocycles. The van der Waals surface area contributed by atoms with Crippen molar-refractivity contribution in [1.82, 2.24) is 0 Å². The number of rotatable bonds is 35. The fourth-order valence-electron chi connectivity index (χ4n) is 15.1. The van der Waals surface area contributed by atoms with Gasteiger partial charge in [-0.25, -0.2) is 0 Å². The van der Waals surface area contributed by atoms with E-state index in [0.717, 1.165) is 130 Å². The molecule has 3 unspecified atom stereocenters. The number of phenolic OH excluding ortho intramolecular Hbond substituents is 8. The molecule has 11 rings (SSSR count). The van der Waals surface area contributed by atoms with Crippen molar-refractivity contribution in [1.29, 1.82) is 0 Å². The van der Waals surface area contributed by atoms with Crippen LogP contribution in [0.15, 0.2) is 282 Å². The van der Waals surface area contributed by atoms with E-state index in [2.05, 4.69) is 138 Å². The minimum atomic E-state index is -0.931. The molecule has 1 aliphatic heterocycles. The fraction of sp³-hybridized carbons (Fsp3) is 0.345. The van der Waals surface area contributed by atoms with Gasteiger partial charge in [-0.05, 0) is 306 Å². The van der Waals surface area contributed by atoms with Crippen LogP contribution in [0.5, 0.6) is 57.5 Å². The zero-order valence-corrected chi connectivity index (χ0v) is 79.7. The molecule has 0 radical (unpaired) electrons. The molecule has 0 bridgehead atoms. The minimum Gasteiger partial charge on any atom is -0.508 e. The Morgan fingerprint density at radius 2 is 0.605 bits per heavy atom. The number of benzene rings is 10. The van der Waals surface area contributed by atoms with Gasteiger partial charge in [-0.3, -0.25) is 0 Å². The van der Waals surface area contributed by atoms with Crippen LogP contribution >= 0.6 is 0 Å². The number of aryl methyl sites for hydroxylation is 10. The number of aliphatic hydroxyl groups is 3. The lowest BCUT2D eigenvalue weighted by Gasteiger charge is -2.25. The van der Waals surface area contributed by atoms with Crippen molar-refractivity contribution in [2.45, 2.75) is 257 Å². The van der Waals surface area contributed by atoms with Crippen LogP contribution < -0.4 is 9.47 Å². The molecule has 0 amide bonds. The second kappa shape index (κ2) is 51.9. The number of allylic oxidation sites excluding steroid dienone is 12. The number of aliphatic hydroxyl groups excluding tert-OH is 2. The number of phenols is 8. The monoisotopic (exact) mass is 1750 g/mol. The molecule has 10 aromatic carbocycles. The van der Waals surface area contributed by atoms with Gasteiger partial charge in [-0.2, -0.15) is 0 Å². The van der Waals surface area contributed by atoms with Crippen LogP contribution in [0.1, 0.15) is 216 Å². The number of methoxy groups -OCH3 is 1. The minimum absolute atomic E-state index is 0.0248. The van der Waals surface area contributed by atoms with E-state index < -0.39 is 17.8 Å². The van der Waals surface area contributed by atoms with Gasteiger partial charge < -0.3 is 65.6 Å². The Hall–Kier alpha value is -12.0.